The van der Waals surface area contributed by atoms with Crippen molar-refractivity contribution in [3.05, 3.63) is 206 Å². The summed E-state index contributed by atoms with van der Waals surface area (Å²) in [6.07, 6.45) is 27.0. The van der Waals surface area contributed by atoms with Crippen LogP contribution >= 0.6 is 0 Å². The third-order valence-electron chi connectivity index (χ3n) is 10.3. The van der Waals surface area contributed by atoms with Crippen LogP contribution in [0.5, 0.6) is 0 Å². The Balaban J connectivity index is 1.08. The molecule has 2 aliphatic heterocycles. The summed E-state index contributed by atoms with van der Waals surface area (Å²) in [6.45, 7) is 0. The van der Waals surface area contributed by atoms with Crippen LogP contribution in [-0.2, 0) is 0 Å². The van der Waals surface area contributed by atoms with Crippen molar-refractivity contribution >= 4 is 33.2 Å². The number of benzene rings is 4. The first-order valence-electron chi connectivity index (χ1n) is 18.3. The highest BCUT2D eigenvalue weighted by atomic mass is 15.0. The van der Waals surface area contributed by atoms with Crippen LogP contribution in [0.4, 0.5) is 0 Å². The maximum absolute atomic E-state index is 4.50. The minimum atomic E-state index is -0.0158. The van der Waals surface area contributed by atoms with Crippen LogP contribution in [0, 0.1) is 0 Å². The van der Waals surface area contributed by atoms with Gasteiger partial charge in [0.15, 0.2) is 0 Å². The molecule has 2 unspecified atom stereocenters. The smallest absolute Gasteiger partial charge is 0.115 e. The number of aromatic nitrogens is 6. The van der Waals surface area contributed by atoms with E-state index in [1.54, 1.807) is 12.7 Å². The molecular weight excluding hydrogens is 677 g/mol. The van der Waals surface area contributed by atoms with E-state index in [-0.39, 0.29) is 12.1 Å². The lowest BCUT2D eigenvalue weighted by molar-refractivity contribution is 0.753. The van der Waals surface area contributed by atoms with Gasteiger partial charge in [-0.1, -0.05) is 78.9 Å². The normalized spacial score (nSPS) is 16.4. The average Bonchev–Trinajstić information content (AvgIpc) is 3.61. The number of pyridine rings is 1. The van der Waals surface area contributed by atoms with Crippen LogP contribution in [0.15, 0.2) is 183 Å². The molecule has 2 aliphatic rings. The van der Waals surface area contributed by atoms with E-state index in [9.17, 15) is 0 Å². The molecular formula is C47H34N8. The van der Waals surface area contributed by atoms with Crippen molar-refractivity contribution in [3.8, 4) is 27.9 Å². The zero-order valence-corrected chi connectivity index (χ0v) is 29.7. The number of nitrogens with one attached hydrogen (secondary N) is 2. The summed E-state index contributed by atoms with van der Waals surface area (Å²) in [5.41, 5.74) is 14.1. The average molecular weight is 711 g/mol. The van der Waals surface area contributed by atoms with Crippen LogP contribution in [0.1, 0.15) is 34.3 Å². The minimum Gasteiger partial charge on any atom is -0.374 e. The van der Waals surface area contributed by atoms with Crippen LogP contribution in [0.25, 0.3) is 61.1 Å². The van der Waals surface area contributed by atoms with E-state index in [2.05, 4.69) is 174 Å². The molecule has 0 aliphatic carbocycles. The fourth-order valence-corrected chi connectivity index (χ4v) is 7.66. The Morgan fingerprint density at radius 2 is 1.07 bits per heavy atom. The maximum Gasteiger partial charge on any atom is 0.115 e. The van der Waals surface area contributed by atoms with Crippen molar-refractivity contribution < 1.29 is 0 Å². The van der Waals surface area contributed by atoms with Gasteiger partial charge in [-0.2, -0.15) is 0 Å². The van der Waals surface area contributed by atoms with Gasteiger partial charge >= 0.3 is 0 Å². The summed E-state index contributed by atoms with van der Waals surface area (Å²) in [6, 6.07) is 35.1. The van der Waals surface area contributed by atoms with E-state index in [4.69, 9.17) is 0 Å². The molecule has 8 heteroatoms. The van der Waals surface area contributed by atoms with Crippen LogP contribution in [0.3, 0.4) is 0 Å². The first kappa shape index (κ1) is 32.2. The topological polar surface area (TPSA) is 93.4 Å². The van der Waals surface area contributed by atoms with Gasteiger partial charge in [0, 0.05) is 76.2 Å². The predicted octanol–water partition coefficient (Wildman–Crippen LogP) is 9.58. The second kappa shape index (κ2) is 13.8. The number of hydrogen-bond donors (Lipinski definition) is 2. The van der Waals surface area contributed by atoms with Gasteiger partial charge in [0.05, 0.1) is 23.1 Å². The van der Waals surface area contributed by atoms with Gasteiger partial charge in [0.1, 0.15) is 12.7 Å². The standard InChI is InChI=1S/C47H34N8/c1-2-16-46-40(11-1)41-28-48-18-17-47(41)55(46)39-22-35(31-7-3-9-33(19-31)42-12-5-14-44(53-42)37-24-49-29-50-25-37)21-36(23-39)32-8-4-10-34(20-32)43-13-6-15-45(54-43)38-26-51-30-52-27-38/h1-30,42,45,53-54H. The summed E-state index contributed by atoms with van der Waals surface area (Å²) < 4.78 is 2.36. The zero-order chi connectivity index (χ0) is 36.6. The molecule has 0 bridgehead atoms. The van der Waals surface area contributed by atoms with Crippen LogP contribution in [-0.4, -0.2) is 29.5 Å². The second-order valence-electron chi connectivity index (χ2n) is 13.7. The molecule has 0 radical (unpaired) electrons. The fourth-order valence-electron chi connectivity index (χ4n) is 7.66. The first-order valence-corrected chi connectivity index (χ1v) is 18.3. The van der Waals surface area contributed by atoms with Crippen LogP contribution < -0.4 is 10.6 Å². The second-order valence-corrected chi connectivity index (χ2v) is 13.7. The van der Waals surface area contributed by atoms with Gasteiger partial charge in [-0.15, -0.1) is 0 Å². The third-order valence-corrected chi connectivity index (χ3v) is 10.3. The van der Waals surface area contributed by atoms with E-state index >= 15 is 0 Å². The summed E-state index contributed by atoms with van der Waals surface area (Å²) >= 11 is 0. The molecule has 0 saturated carbocycles. The number of rotatable bonds is 7. The van der Waals surface area contributed by atoms with Crippen molar-refractivity contribution in [2.24, 2.45) is 0 Å². The van der Waals surface area contributed by atoms with Gasteiger partial charge in [-0.05, 0) is 88.0 Å². The Kier molecular flexibility index (Phi) is 8.11. The number of dihydropyridines is 2. The zero-order valence-electron chi connectivity index (χ0n) is 29.7. The highest BCUT2D eigenvalue weighted by molar-refractivity contribution is 6.09. The SMILES string of the molecule is C1=CC(c2cncnc2)NC(c2cccc(-c3cc(-c4cccc(C5C=CC=C(c6cncnc6)N5)c4)cc(-n4c5ccccc5c5cnccc54)c3)c2)=C1. The molecule has 8 nitrogen and oxygen atoms in total. The van der Waals surface area contributed by atoms with E-state index in [0.717, 1.165) is 78.0 Å². The van der Waals surface area contributed by atoms with Crippen molar-refractivity contribution in [1.29, 1.82) is 0 Å². The highest BCUT2D eigenvalue weighted by Crippen LogP contribution is 2.37. The van der Waals surface area contributed by atoms with E-state index in [1.165, 1.54) is 5.39 Å². The van der Waals surface area contributed by atoms with Gasteiger partial charge in [-0.3, -0.25) is 4.98 Å². The maximum atomic E-state index is 4.50. The summed E-state index contributed by atoms with van der Waals surface area (Å²) in [5, 5.41) is 9.67. The third kappa shape index (κ3) is 6.15. The summed E-state index contributed by atoms with van der Waals surface area (Å²) in [4.78, 5) is 21.4. The molecule has 10 rings (SSSR count). The summed E-state index contributed by atoms with van der Waals surface area (Å²) in [5.74, 6) is 0. The molecule has 2 atom stereocenters. The minimum absolute atomic E-state index is 0.0130. The highest BCUT2D eigenvalue weighted by Gasteiger charge is 2.19. The predicted molar refractivity (Wildman–Crippen MR) is 219 cm³/mol. The molecule has 2 N–H and O–H groups in total. The quantitative estimate of drug-likeness (QED) is 0.170. The van der Waals surface area contributed by atoms with Gasteiger partial charge in [0.2, 0.25) is 0 Å². The van der Waals surface area contributed by atoms with Crippen molar-refractivity contribution in [1.82, 2.24) is 40.1 Å². The number of hydrogen-bond acceptors (Lipinski definition) is 7. The first-order chi connectivity index (χ1) is 27.2. The lowest BCUT2D eigenvalue weighted by Gasteiger charge is -2.23. The molecule has 0 spiro atoms. The van der Waals surface area contributed by atoms with E-state index < -0.39 is 0 Å². The monoisotopic (exact) mass is 710 g/mol. The van der Waals surface area contributed by atoms with Crippen LogP contribution in [0.2, 0.25) is 0 Å². The Morgan fingerprint density at radius 3 is 1.85 bits per heavy atom. The van der Waals surface area contributed by atoms with Crippen molar-refractivity contribution in [2.75, 3.05) is 0 Å². The van der Waals surface area contributed by atoms with Crippen molar-refractivity contribution in [2.45, 2.75) is 12.1 Å². The molecule has 4 aromatic heterocycles. The lowest BCUT2D eigenvalue weighted by Crippen LogP contribution is -2.20. The van der Waals surface area contributed by atoms with E-state index in [0.29, 0.717) is 0 Å². The fraction of sp³-hybridized carbons (Fsp3) is 0.0426. The van der Waals surface area contributed by atoms with Gasteiger partial charge in [0.25, 0.3) is 0 Å². The Hall–Kier alpha value is -7.45. The number of nitrogens with zero attached hydrogens (tertiary/aromatic N) is 6. The molecule has 262 valence electrons. The Morgan fingerprint density at radius 1 is 0.455 bits per heavy atom. The number of fused-ring (bicyclic) bond motifs is 3. The molecule has 0 saturated heterocycles. The molecule has 0 fully saturated rings. The largest absolute Gasteiger partial charge is 0.374 e. The number of allylic oxidation sites excluding steroid dienone is 4. The number of para-hydroxylation sites is 1. The molecule has 8 aromatic rings. The summed E-state index contributed by atoms with van der Waals surface area (Å²) in [7, 11) is 0. The molecule has 0 amide bonds. The van der Waals surface area contributed by atoms with Gasteiger partial charge in [-0.25, -0.2) is 19.9 Å². The molecule has 55 heavy (non-hydrogen) atoms. The molecule has 4 aromatic carbocycles. The lowest BCUT2D eigenvalue weighted by atomic mass is 9.93. The molecule has 6 heterocycles. The Labute approximate surface area is 318 Å². The van der Waals surface area contributed by atoms with Gasteiger partial charge < -0.3 is 15.2 Å². The van der Waals surface area contributed by atoms with Crippen molar-refractivity contribution in [3.63, 3.8) is 0 Å². The van der Waals surface area contributed by atoms with E-state index in [1.807, 2.05) is 37.2 Å². The Bertz CT molecular complexity index is 2780.